The molecule has 0 aliphatic carbocycles. The lowest BCUT2D eigenvalue weighted by atomic mass is 10.0. The van der Waals surface area contributed by atoms with Crippen LogP contribution in [-0.2, 0) is 6.42 Å². The Hall–Kier alpha value is -1.61. The predicted octanol–water partition coefficient (Wildman–Crippen LogP) is 3.13. The van der Waals surface area contributed by atoms with E-state index in [2.05, 4.69) is 31.1 Å². The topological polar surface area (TPSA) is 38.0 Å². The second-order valence-corrected chi connectivity index (χ2v) is 4.89. The number of nitrogens with zero attached hydrogens (tertiary/aromatic N) is 2. The molecule has 0 aliphatic heterocycles. The molecule has 0 amide bonds. The van der Waals surface area contributed by atoms with Crippen molar-refractivity contribution in [2.75, 3.05) is 0 Å². The Morgan fingerprint density at radius 1 is 1.22 bits per heavy atom. The standard InChI is InChI=1S/C15H20N2O/c1-12(2)17-11-14(10-16-17)15(18)9-8-13-6-4-3-5-7-13/h3-7,10-12,15,18H,8-9H2,1-2H3. The van der Waals surface area contributed by atoms with Crippen LogP contribution in [0.1, 0.15) is 43.5 Å². The van der Waals surface area contributed by atoms with E-state index in [1.54, 1.807) is 6.20 Å². The van der Waals surface area contributed by atoms with Gasteiger partial charge in [0.25, 0.3) is 0 Å². The summed E-state index contributed by atoms with van der Waals surface area (Å²) in [7, 11) is 0. The summed E-state index contributed by atoms with van der Waals surface area (Å²) in [5.74, 6) is 0. The molecule has 1 heterocycles. The molecule has 1 aromatic carbocycles. The zero-order valence-corrected chi connectivity index (χ0v) is 11.0. The zero-order chi connectivity index (χ0) is 13.0. The highest BCUT2D eigenvalue weighted by molar-refractivity contribution is 5.16. The fourth-order valence-corrected chi connectivity index (χ4v) is 1.92. The molecule has 0 saturated heterocycles. The maximum Gasteiger partial charge on any atom is 0.0823 e. The molecule has 0 spiro atoms. The van der Waals surface area contributed by atoms with Crippen LogP contribution in [0.4, 0.5) is 0 Å². The number of aromatic nitrogens is 2. The van der Waals surface area contributed by atoms with E-state index in [1.165, 1.54) is 5.56 Å². The van der Waals surface area contributed by atoms with Crippen molar-refractivity contribution in [3.8, 4) is 0 Å². The number of hydrogen-bond donors (Lipinski definition) is 1. The SMILES string of the molecule is CC(C)n1cc(C(O)CCc2ccccc2)cn1. The Labute approximate surface area is 108 Å². The van der Waals surface area contributed by atoms with Crippen molar-refractivity contribution < 1.29 is 5.11 Å². The molecule has 3 heteroatoms. The Balaban J connectivity index is 1.93. The summed E-state index contributed by atoms with van der Waals surface area (Å²) in [6, 6.07) is 10.6. The summed E-state index contributed by atoms with van der Waals surface area (Å²) in [4.78, 5) is 0. The molecule has 3 nitrogen and oxygen atoms in total. The minimum Gasteiger partial charge on any atom is -0.388 e. The van der Waals surface area contributed by atoms with Crippen LogP contribution in [0.3, 0.4) is 0 Å². The average molecular weight is 244 g/mol. The summed E-state index contributed by atoms with van der Waals surface area (Å²) >= 11 is 0. The highest BCUT2D eigenvalue weighted by atomic mass is 16.3. The van der Waals surface area contributed by atoms with Crippen LogP contribution >= 0.6 is 0 Å². The van der Waals surface area contributed by atoms with E-state index in [-0.39, 0.29) is 0 Å². The van der Waals surface area contributed by atoms with E-state index < -0.39 is 6.10 Å². The van der Waals surface area contributed by atoms with Gasteiger partial charge < -0.3 is 5.11 Å². The first-order valence-electron chi connectivity index (χ1n) is 6.43. The molecular weight excluding hydrogens is 224 g/mol. The maximum atomic E-state index is 10.1. The van der Waals surface area contributed by atoms with Crippen molar-refractivity contribution in [2.24, 2.45) is 0 Å². The molecule has 2 rings (SSSR count). The van der Waals surface area contributed by atoms with Gasteiger partial charge in [-0.1, -0.05) is 30.3 Å². The summed E-state index contributed by atoms with van der Waals surface area (Å²) in [5.41, 5.74) is 2.16. The van der Waals surface area contributed by atoms with Crippen LogP contribution < -0.4 is 0 Å². The van der Waals surface area contributed by atoms with E-state index in [4.69, 9.17) is 0 Å². The minimum atomic E-state index is -0.433. The largest absolute Gasteiger partial charge is 0.388 e. The average Bonchev–Trinajstić information content (AvgIpc) is 2.87. The molecule has 0 aliphatic rings. The van der Waals surface area contributed by atoms with Gasteiger partial charge in [-0.2, -0.15) is 5.10 Å². The predicted molar refractivity (Wildman–Crippen MR) is 72.3 cm³/mol. The second-order valence-electron chi connectivity index (χ2n) is 4.89. The number of hydrogen-bond acceptors (Lipinski definition) is 2. The fraction of sp³-hybridized carbons (Fsp3) is 0.400. The first kappa shape index (κ1) is 12.8. The van der Waals surface area contributed by atoms with Crippen LogP contribution in [0.15, 0.2) is 42.7 Å². The highest BCUT2D eigenvalue weighted by Crippen LogP contribution is 2.19. The first-order valence-corrected chi connectivity index (χ1v) is 6.43. The molecule has 1 atom stereocenters. The van der Waals surface area contributed by atoms with Crippen molar-refractivity contribution in [3.05, 3.63) is 53.9 Å². The summed E-state index contributed by atoms with van der Waals surface area (Å²) in [5, 5.41) is 14.4. The van der Waals surface area contributed by atoms with Crippen LogP contribution in [0, 0.1) is 0 Å². The lowest BCUT2D eigenvalue weighted by Crippen LogP contribution is -2.01. The number of aliphatic hydroxyl groups excluding tert-OH is 1. The number of benzene rings is 1. The summed E-state index contributed by atoms with van der Waals surface area (Å²) < 4.78 is 1.88. The quantitative estimate of drug-likeness (QED) is 0.877. The second kappa shape index (κ2) is 5.83. The van der Waals surface area contributed by atoms with Gasteiger partial charge in [-0.3, -0.25) is 4.68 Å². The van der Waals surface area contributed by atoms with Gasteiger partial charge in [-0.15, -0.1) is 0 Å². The molecule has 0 saturated carbocycles. The smallest absolute Gasteiger partial charge is 0.0823 e. The minimum absolute atomic E-state index is 0.333. The third-order valence-electron chi connectivity index (χ3n) is 3.08. The van der Waals surface area contributed by atoms with Crippen molar-refractivity contribution in [2.45, 2.75) is 38.8 Å². The van der Waals surface area contributed by atoms with Crippen molar-refractivity contribution in [1.29, 1.82) is 0 Å². The van der Waals surface area contributed by atoms with E-state index >= 15 is 0 Å². The number of aryl methyl sites for hydroxylation is 1. The van der Waals surface area contributed by atoms with Crippen LogP contribution in [-0.4, -0.2) is 14.9 Å². The first-order chi connectivity index (χ1) is 8.66. The van der Waals surface area contributed by atoms with Gasteiger partial charge in [0.05, 0.1) is 12.3 Å². The Bertz CT molecular complexity index is 476. The summed E-state index contributed by atoms with van der Waals surface area (Å²) in [6.45, 7) is 4.15. The van der Waals surface area contributed by atoms with E-state index in [0.29, 0.717) is 6.04 Å². The van der Waals surface area contributed by atoms with Crippen molar-refractivity contribution in [3.63, 3.8) is 0 Å². The molecular formula is C15H20N2O. The van der Waals surface area contributed by atoms with Crippen molar-refractivity contribution >= 4 is 0 Å². The van der Waals surface area contributed by atoms with Gasteiger partial charge >= 0.3 is 0 Å². The normalized spacial score (nSPS) is 12.9. The Morgan fingerprint density at radius 2 is 1.94 bits per heavy atom. The van der Waals surface area contributed by atoms with Gasteiger partial charge in [0, 0.05) is 17.8 Å². The Kier molecular flexibility index (Phi) is 4.15. The third-order valence-corrected chi connectivity index (χ3v) is 3.08. The Morgan fingerprint density at radius 3 is 2.56 bits per heavy atom. The number of aliphatic hydroxyl groups is 1. The monoisotopic (exact) mass is 244 g/mol. The fourth-order valence-electron chi connectivity index (χ4n) is 1.92. The van der Waals surface area contributed by atoms with Gasteiger partial charge in [-0.25, -0.2) is 0 Å². The molecule has 2 aromatic rings. The van der Waals surface area contributed by atoms with Crippen LogP contribution in [0.25, 0.3) is 0 Å². The van der Waals surface area contributed by atoms with Gasteiger partial charge in [-0.05, 0) is 32.3 Å². The zero-order valence-electron chi connectivity index (χ0n) is 11.0. The van der Waals surface area contributed by atoms with Gasteiger partial charge in [0.1, 0.15) is 0 Å². The molecule has 0 bridgehead atoms. The summed E-state index contributed by atoms with van der Waals surface area (Å²) in [6.07, 6.45) is 4.87. The number of rotatable bonds is 5. The van der Waals surface area contributed by atoms with Crippen LogP contribution in [0.2, 0.25) is 0 Å². The lowest BCUT2D eigenvalue weighted by Gasteiger charge is -2.08. The van der Waals surface area contributed by atoms with E-state index in [0.717, 1.165) is 18.4 Å². The third kappa shape index (κ3) is 3.20. The molecule has 0 fully saturated rings. The molecule has 1 aromatic heterocycles. The molecule has 1 N–H and O–H groups in total. The molecule has 1 unspecified atom stereocenters. The van der Waals surface area contributed by atoms with Crippen molar-refractivity contribution in [1.82, 2.24) is 9.78 Å². The maximum absolute atomic E-state index is 10.1. The van der Waals surface area contributed by atoms with E-state index in [1.807, 2.05) is 29.1 Å². The highest BCUT2D eigenvalue weighted by Gasteiger charge is 2.11. The molecule has 18 heavy (non-hydrogen) atoms. The van der Waals surface area contributed by atoms with Crippen LogP contribution in [0.5, 0.6) is 0 Å². The van der Waals surface area contributed by atoms with E-state index in [9.17, 15) is 5.11 Å². The lowest BCUT2D eigenvalue weighted by molar-refractivity contribution is 0.167. The van der Waals surface area contributed by atoms with Gasteiger partial charge in [0.2, 0.25) is 0 Å². The van der Waals surface area contributed by atoms with Gasteiger partial charge in [0.15, 0.2) is 0 Å². The molecule has 0 radical (unpaired) electrons. The molecule has 96 valence electrons.